The number of hydrogen-bond acceptors (Lipinski definition) is 3. The van der Waals surface area contributed by atoms with Gasteiger partial charge in [0.05, 0.1) is 30.9 Å². The SMILES string of the molecule is COc1cc(C2=CCN=CC2)c(C(C)(C)C)nc1CCl. The number of dihydropyridines is 1. The van der Waals surface area contributed by atoms with Crippen molar-refractivity contribution in [2.75, 3.05) is 13.7 Å². The van der Waals surface area contributed by atoms with Crippen LogP contribution in [-0.2, 0) is 11.3 Å². The van der Waals surface area contributed by atoms with Gasteiger partial charge in [0, 0.05) is 23.6 Å². The molecule has 0 fully saturated rings. The van der Waals surface area contributed by atoms with Crippen molar-refractivity contribution >= 4 is 23.4 Å². The van der Waals surface area contributed by atoms with Crippen LogP contribution >= 0.6 is 11.6 Å². The number of pyridine rings is 1. The first-order valence-corrected chi connectivity index (χ1v) is 7.33. The third kappa shape index (κ3) is 3.04. The molecule has 2 rings (SSSR count). The minimum Gasteiger partial charge on any atom is -0.495 e. The van der Waals surface area contributed by atoms with Gasteiger partial charge < -0.3 is 4.74 Å². The molecule has 0 saturated carbocycles. The zero-order chi connectivity index (χ0) is 14.8. The fraction of sp³-hybridized carbons (Fsp3) is 0.500. The van der Waals surface area contributed by atoms with E-state index in [-0.39, 0.29) is 5.41 Å². The Balaban J connectivity index is 2.60. The molecule has 4 heteroatoms. The first kappa shape index (κ1) is 15.0. The van der Waals surface area contributed by atoms with Crippen LogP contribution in [0.25, 0.3) is 5.57 Å². The average molecular weight is 293 g/mol. The van der Waals surface area contributed by atoms with Crippen molar-refractivity contribution in [2.45, 2.75) is 38.5 Å². The molecular formula is C16H21ClN2O. The van der Waals surface area contributed by atoms with E-state index in [1.165, 1.54) is 5.57 Å². The Morgan fingerprint density at radius 2 is 2.10 bits per heavy atom. The number of alkyl halides is 1. The molecule has 0 aromatic carbocycles. The number of ether oxygens (including phenoxy) is 1. The normalized spacial score (nSPS) is 15.2. The van der Waals surface area contributed by atoms with Gasteiger partial charge in [0.2, 0.25) is 0 Å². The van der Waals surface area contributed by atoms with Crippen molar-refractivity contribution in [1.29, 1.82) is 0 Å². The van der Waals surface area contributed by atoms with Crippen LogP contribution < -0.4 is 4.74 Å². The molecule has 0 amide bonds. The third-order valence-corrected chi connectivity index (χ3v) is 3.60. The largest absolute Gasteiger partial charge is 0.495 e. The summed E-state index contributed by atoms with van der Waals surface area (Å²) in [5.41, 5.74) is 4.23. The second-order valence-corrected chi connectivity index (χ2v) is 6.17. The highest BCUT2D eigenvalue weighted by molar-refractivity contribution is 6.17. The predicted octanol–water partition coefficient (Wildman–Crippen LogP) is 3.98. The molecular weight excluding hydrogens is 272 g/mol. The van der Waals surface area contributed by atoms with Crippen molar-refractivity contribution in [3.63, 3.8) is 0 Å². The first-order valence-electron chi connectivity index (χ1n) is 6.79. The van der Waals surface area contributed by atoms with Crippen molar-refractivity contribution in [2.24, 2.45) is 4.99 Å². The van der Waals surface area contributed by atoms with Gasteiger partial charge in [-0.25, -0.2) is 0 Å². The Morgan fingerprint density at radius 3 is 2.60 bits per heavy atom. The van der Waals surface area contributed by atoms with Crippen LogP contribution in [0.4, 0.5) is 0 Å². The van der Waals surface area contributed by atoms with Crippen molar-refractivity contribution in [3.8, 4) is 5.75 Å². The standard InChI is InChI=1S/C16H21ClN2O/c1-16(2,3)15-12(11-5-7-18-8-6-11)9-14(20-4)13(10-17)19-15/h5,8-9H,6-7,10H2,1-4H3. The van der Waals surface area contributed by atoms with Crippen LogP contribution in [0.15, 0.2) is 17.1 Å². The zero-order valence-electron chi connectivity index (χ0n) is 12.5. The van der Waals surface area contributed by atoms with Gasteiger partial charge in [-0.3, -0.25) is 9.98 Å². The molecule has 0 bridgehead atoms. The molecule has 0 aliphatic carbocycles. The lowest BCUT2D eigenvalue weighted by atomic mass is 9.84. The van der Waals surface area contributed by atoms with E-state index in [0.29, 0.717) is 5.88 Å². The molecule has 2 heterocycles. The van der Waals surface area contributed by atoms with E-state index < -0.39 is 0 Å². The third-order valence-electron chi connectivity index (χ3n) is 3.35. The Kier molecular flexibility index (Phi) is 4.48. The minimum absolute atomic E-state index is 0.0438. The summed E-state index contributed by atoms with van der Waals surface area (Å²) in [4.78, 5) is 9.01. The number of allylic oxidation sites excluding steroid dienone is 1. The summed E-state index contributed by atoms with van der Waals surface area (Å²) in [5, 5.41) is 0. The maximum Gasteiger partial charge on any atom is 0.142 e. The monoisotopic (exact) mass is 292 g/mol. The lowest BCUT2D eigenvalue weighted by molar-refractivity contribution is 0.406. The highest BCUT2D eigenvalue weighted by Gasteiger charge is 2.24. The van der Waals surface area contributed by atoms with Gasteiger partial charge in [0.25, 0.3) is 0 Å². The summed E-state index contributed by atoms with van der Waals surface area (Å²) in [6.45, 7) is 7.24. The van der Waals surface area contributed by atoms with Crippen molar-refractivity contribution in [3.05, 3.63) is 29.1 Å². The molecule has 1 aliphatic rings. The first-order chi connectivity index (χ1) is 9.47. The summed E-state index contributed by atoms with van der Waals surface area (Å²) < 4.78 is 5.43. The maximum absolute atomic E-state index is 5.99. The summed E-state index contributed by atoms with van der Waals surface area (Å²) in [6, 6.07) is 2.07. The van der Waals surface area contributed by atoms with Crippen molar-refractivity contribution in [1.82, 2.24) is 4.98 Å². The average Bonchev–Trinajstić information content (AvgIpc) is 2.45. The highest BCUT2D eigenvalue weighted by atomic mass is 35.5. The summed E-state index contributed by atoms with van der Waals surface area (Å²) >= 11 is 5.99. The molecule has 1 aliphatic heterocycles. The van der Waals surface area contributed by atoms with Gasteiger partial charge in [0.1, 0.15) is 5.75 Å². The second-order valence-electron chi connectivity index (χ2n) is 5.90. The van der Waals surface area contributed by atoms with E-state index in [9.17, 15) is 0 Å². The van der Waals surface area contributed by atoms with Gasteiger partial charge in [-0.15, -0.1) is 11.6 Å². The highest BCUT2D eigenvalue weighted by Crippen LogP contribution is 2.35. The molecule has 108 valence electrons. The lowest BCUT2D eigenvalue weighted by Crippen LogP contribution is -2.18. The van der Waals surface area contributed by atoms with Crippen LogP contribution in [0.3, 0.4) is 0 Å². The molecule has 0 N–H and O–H groups in total. The van der Waals surface area contributed by atoms with Crippen LogP contribution in [0.2, 0.25) is 0 Å². The summed E-state index contributed by atoms with van der Waals surface area (Å²) in [5.74, 6) is 1.11. The summed E-state index contributed by atoms with van der Waals surface area (Å²) in [7, 11) is 1.66. The zero-order valence-corrected chi connectivity index (χ0v) is 13.3. The van der Waals surface area contributed by atoms with Gasteiger partial charge >= 0.3 is 0 Å². The van der Waals surface area contributed by atoms with Gasteiger partial charge in [-0.2, -0.15) is 0 Å². The Morgan fingerprint density at radius 1 is 1.35 bits per heavy atom. The molecule has 3 nitrogen and oxygen atoms in total. The molecule has 0 unspecified atom stereocenters. The number of aromatic nitrogens is 1. The molecule has 0 saturated heterocycles. The van der Waals surface area contributed by atoms with E-state index in [1.807, 2.05) is 6.21 Å². The summed E-state index contributed by atoms with van der Waals surface area (Å²) in [6.07, 6.45) is 4.96. The number of methoxy groups -OCH3 is 1. The smallest absolute Gasteiger partial charge is 0.142 e. The Hall–Kier alpha value is -1.35. The molecule has 1 aromatic rings. The predicted molar refractivity (Wildman–Crippen MR) is 85.0 cm³/mol. The van der Waals surface area contributed by atoms with Crippen LogP contribution in [0.5, 0.6) is 5.75 Å². The van der Waals surface area contributed by atoms with E-state index >= 15 is 0 Å². The second kappa shape index (κ2) is 5.96. The van der Waals surface area contributed by atoms with E-state index in [1.54, 1.807) is 7.11 Å². The topological polar surface area (TPSA) is 34.5 Å². The fourth-order valence-electron chi connectivity index (χ4n) is 2.33. The van der Waals surface area contributed by atoms with E-state index in [0.717, 1.165) is 35.7 Å². The molecule has 0 spiro atoms. The van der Waals surface area contributed by atoms with Gasteiger partial charge in [-0.05, 0) is 11.6 Å². The molecule has 20 heavy (non-hydrogen) atoms. The minimum atomic E-state index is -0.0438. The maximum atomic E-state index is 5.99. The number of hydrogen-bond donors (Lipinski definition) is 0. The fourth-order valence-corrected chi connectivity index (χ4v) is 2.52. The van der Waals surface area contributed by atoms with E-state index in [2.05, 4.69) is 37.9 Å². The van der Waals surface area contributed by atoms with E-state index in [4.69, 9.17) is 21.3 Å². The number of halogens is 1. The van der Waals surface area contributed by atoms with Gasteiger partial charge in [0.15, 0.2) is 0 Å². The Bertz CT molecular complexity index is 556. The quantitative estimate of drug-likeness (QED) is 0.790. The molecule has 1 aromatic heterocycles. The van der Waals surface area contributed by atoms with Crippen LogP contribution in [0, 0.1) is 0 Å². The van der Waals surface area contributed by atoms with Gasteiger partial charge in [-0.1, -0.05) is 26.8 Å². The number of aliphatic imine (C=N–C) groups is 1. The Labute approximate surface area is 125 Å². The molecule has 0 radical (unpaired) electrons. The molecule has 0 atom stereocenters. The van der Waals surface area contributed by atoms with Crippen molar-refractivity contribution < 1.29 is 4.74 Å². The van der Waals surface area contributed by atoms with Crippen LogP contribution in [-0.4, -0.2) is 24.9 Å². The number of rotatable bonds is 3. The van der Waals surface area contributed by atoms with Crippen LogP contribution in [0.1, 0.15) is 44.1 Å². The lowest BCUT2D eigenvalue weighted by Gasteiger charge is -2.25. The number of nitrogens with zero attached hydrogens (tertiary/aromatic N) is 2.